The Morgan fingerprint density at radius 3 is 2.65 bits per heavy atom. The molecule has 1 saturated heterocycles. The smallest absolute Gasteiger partial charge is 0.223 e. The van der Waals surface area contributed by atoms with Crippen molar-refractivity contribution in [1.82, 2.24) is 10.6 Å². The molecule has 0 radical (unpaired) electrons. The van der Waals surface area contributed by atoms with Crippen LogP contribution in [-0.4, -0.2) is 25.0 Å². The van der Waals surface area contributed by atoms with Crippen molar-refractivity contribution < 1.29 is 4.79 Å². The van der Waals surface area contributed by atoms with Gasteiger partial charge in [0.25, 0.3) is 0 Å². The van der Waals surface area contributed by atoms with Gasteiger partial charge in [-0.2, -0.15) is 0 Å². The molecule has 4 atom stereocenters. The lowest BCUT2D eigenvalue weighted by Crippen LogP contribution is -2.43. The van der Waals surface area contributed by atoms with Gasteiger partial charge in [-0.3, -0.25) is 4.79 Å². The van der Waals surface area contributed by atoms with Crippen LogP contribution in [0, 0.1) is 17.8 Å². The maximum atomic E-state index is 12.0. The maximum Gasteiger partial charge on any atom is 0.223 e. The van der Waals surface area contributed by atoms with Gasteiger partial charge in [0.15, 0.2) is 0 Å². The van der Waals surface area contributed by atoms with Crippen molar-refractivity contribution in [3.63, 3.8) is 0 Å². The van der Waals surface area contributed by atoms with Gasteiger partial charge in [0.2, 0.25) is 5.91 Å². The summed E-state index contributed by atoms with van der Waals surface area (Å²) in [5.41, 5.74) is 0. The van der Waals surface area contributed by atoms with Gasteiger partial charge in [0, 0.05) is 18.5 Å². The van der Waals surface area contributed by atoms with Gasteiger partial charge in [-0.25, -0.2) is 0 Å². The first-order valence-corrected chi connectivity index (χ1v) is 7.18. The van der Waals surface area contributed by atoms with E-state index >= 15 is 0 Å². The van der Waals surface area contributed by atoms with Crippen LogP contribution in [-0.2, 0) is 4.79 Å². The first kappa shape index (κ1) is 12.9. The van der Waals surface area contributed by atoms with Crippen LogP contribution in [0.25, 0.3) is 0 Å². The van der Waals surface area contributed by atoms with Crippen LogP contribution in [0.5, 0.6) is 0 Å². The molecule has 0 bridgehead atoms. The second kappa shape index (κ2) is 5.85. The van der Waals surface area contributed by atoms with E-state index in [2.05, 4.69) is 24.5 Å². The Labute approximate surface area is 105 Å². The molecule has 0 spiro atoms. The summed E-state index contributed by atoms with van der Waals surface area (Å²) < 4.78 is 0. The lowest BCUT2D eigenvalue weighted by atomic mass is 9.94. The molecule has 3 heteroatoms. The van der Waals surface area contributed by atoms with Crippen LogP contribution in [0.4, 0.5) is 0 Å². The van der Waals surface area contributed by atoms with Crippen LogP contribution in [0.1, 0.15) is 46.0 Å². The number of rotatable bonds is 3. The molecular weight excluding hydrogens is 212 g/mol. The topological polar surface area (TPSA) is 41.1 Å². The standard InChI is InChI=1S/C14H26N2O/c1-10-4-3-5-13(10)14(17)16-9-12-7-6-11(2)15-8-12/h10-13,15H,3-9H2,1-2H3,(H,16,17). The zero-order valence-electron chi connectivity index (χ0n) is 11.2. The highest BCUT2D eigenvalue weighted by molar-refractivity contribution is 5.79. The highest BCUT2D eigenvalue weighted by Crippen LogP contribution is 2.31. The molecule has 2 aliphatic rings. The molecule has 98 valence electrons. The largest absolute Gasteiger partial charge is 0.356 e. The molecule has 4 unspecified atom stereocenters. The van der Waals surface area contributed by atoms with Crippen LogP contribution >= 0.6 is 0 Å². The number of carbonyl (C=O) groups excluding carboxylic acids is 1. The number of carbonyl (C=O) groups is 1. The minimum atomic E-state index is 0.283. The third-order valence-corrected chi connectivity index (χ3v) is 4.53. The van der Waals surface area contributed by atoms with Gasteiger partial charge in [-0.1, -0.05) is 13.3 Å². The Balaban J connectivity index is 1.69. The Bertz CT molecular complexity index is 259. The molecule has 1 aliphatic heterocycles. The highest BCUT2D eigenvalue weighted by Gasteiger charge is 2.30. The zero-order chi connectivity index (χ0) is 12.3. The summed E-state index contributed by atoms with van der Waals surface area (Å²) in [4.78, 5) is 12.0. The molecule has 1 saturated carbocycles. The van der Waals surface area contributed by atoms with E-state index in [0.717, 1.165) is 19.5 Å². The predicted molar refractivity (Wildman–Crippen MR) is 69.7 cm³/mol. The summed E-state index contributed by atoms with van der Waals surface area (Å²) in [5, 5.41) is 6.64. The van der Waals surface area contributed by atoms with Gasteiger partial charge in [-0.15, -0.1) is 0 Å². The third kappa shape index (κ3) is 3.44. The number of hydrogen-bond donors (Lipinski definition) is 2. The quantitative estimate of drug-likeness (QED) is 0.789. The van der Waals surface area contributed by atoms with Crippen molar-refractivity contribution in [2.24, 2.45) is 17.8 Å². The van der Waals surface area contributed by atoms with Gasteiger partial charge < -0.3 is 10.6 Å². The minimum Gasteiger partial charge on any atom is -0.356 e. The van der Waals surface area contributed by atoms with Crippen LogP contribution in [0.15, 0.2) is 0 Å². The Kier molecular flexibility index (Phi) is 4.43. The van der Waals surface area contributed by atoms with E-state index < -0.39 is 0 Å². The van der Waals surface area contributed by atoms with Crippen molar-refractivity contribution >= 4 is 5.91 Å². The normalized spacial score (nSPS) is 38.0. The summed E-state index contributed by atoms with van der Waals surface area (Å²) >= 11 is 0. The monoisotopic (exact) mass is 238 g/mol. The molecular formula is C14H26N2O. The molecule has 3 nitrogen and oxygen atoms in total. The molecule has 2 fully saturated rings. The van der Waals surface area contributed by atoms with Crippen LogP contribution < -0.4 is 10.6 Å². The van der Waals surface area contributed by atoms with E-state index in [1.54, 1.807) is 0 Å². The van der Waals surface area contributed by atoms with Gasteiger partial charge >= 0.3 is 0 Å². The third-order valence-electron chi connectivity index (χ3n) is 4.53. The summed E-state index contributed by atoms with van der Waals surface area (Å²) in [6.07, 6.45) is 6.02. The zero-order valence-corrected chi connectivity index (χ0v) is 11.2. The summed E-state index contributed by atoms with van der Waals surface area (Å²) in [5.74, 6) is 1.80. The molecule has 2 N–H and O–H groups in total. The van der Waals surface area contributed by atoms with Crippen molar-refractivity contribution in [3.05, 3.63) is 0 Å². The van der Waals surface area contributed by atoms with E-state index in [0.29, 0.717) is 23.8 Å². The van der Waals surface area contributed by atoms with E-state index in [1.807, 2.05) is 0 Å². The first-order chi connectivity index (χ1) is 8.16. The van der Waals surface area contributed by atoms with Gasteiger partial charge in [0.05, 0.1) is 0 Å². The van der Waals surface area contributed by atoms with Crippen LogP contribution in [0.3, 0.4) is 0 Å². The van der Waals surface area contributed by atoms with Crippen molar-refractivity contribution in [1.29, 1.82) is 0 Å². The molecule has 2 rings (SSSR count). The molecule has 1 amide bonds. The summed E-state index contributed by atoms with van der Waals surface area (Å²) in [7, 11) is 0. The average molecular weight is 238 g/mol. The minimum absolute atomic E-state index is 0.283. The van der Waals surface area contributed by atoms with Gasteiger partial charge in [0.1, 0.15) is 0 Å². The Hall–Kier alpha value is -0.570. The molecule has 1 aliphatic carbocycles. The molecule has 1 heterocycles. The van der Waals surface area contributed by atoms with Crippen molar-refractivity contribution in [3.8, 4) is 0 Å². The maximum absolute atomic E-state index is 12.0. The van der Waals surface area contributed by atoms with Crippen molar-refractivity contribution in [2.75, 3.05) is 13.1 Å². The predicted octanol–water partition coefficient (Wildman–Crippen LogP) is 1.93. The van der Waals surface area contributed by atoms with E-state index in [1.165, 1.54) is 25.7 Å². The first-order valence-electron chi connectivity index (χ1n) is 7.18. The van der Waals surface area contributed by atoms with E-state index in [9.17, 15) is 4.79 Å². The average Bonchev–Trinajstić information content (AvgIpc) is 2.74. The number of piperidine rings is 1. The summed E-state index contributed by atoms with van der Waals surface area (Å²) in [6, 6.07) is 0.650. The fourth-order valence-electron chi connectivity index (χ4n) is 3.14. The molecule has 0 aromatic rings. The number of nitrogens with one attached hydrogen (secondary N) is 2. The fourth-order valence-corrected chi connectivity index (χ4v) is 3.14. The SMILES string of the molecule is CC1CCC(CNC(=O)C2CCCC2C)CN1. The number of amides is 1. The Morgan fingerprint density at radius 1 is 1.24 bits per heavy atom. The highest BCUT2D eigenvalue weighted by atomic mass is 16.1. The van der Waals surface area contributed by atoms with Gasteiger partial charge in [-0.05, 0) is 51.0 Å². The second-order valence-electron chi connectivity index (χ2n) is 6.01. The fraction of sp³-hybridized carbons (Fsp3) is 0.929. The molecule has 17 heavy (non-hydrogen) atoms. The van der Waals surface area contributed by atoms with Crippen molar-refractivity contribution in [2.45, 2.75) is 52.0 Å². The summed E-state index contributed by atoms with van der Waals surface area (Å²) in [6.45, 7) is 6.36. The van der Waals surface area contributed by atoms with E-state index in [-0.39, 0.29) is 5.92 Å². The van der Waals surface area contributed by atoms with E-state index in [4.69, 9.17) is 0 Å². The molecule has 0 aromatic heterocycles. The lowest BCUT2D eigenvalue weighted by molar-refractivity contribution is -0.126. The second-order valence-corrected chi connectivity index (χ2v) is 6.01. The lowest BCUT2D eigenvalue weighted by Gasteiger charge is -2.28. The van der Waals surface area contributed by atoms with Crippen LogP contribution in [0.2, 0.25) is 0 Å². The number of hydrogen-bond acceptors (Lipinski definition) is 2. The Morgan fingerprint density at radius 2 is 2.06 bits per heavy atom. The molecule has 0 aromatic carbocycles.